The molecule has 2 fully saturated rings. The van der Waals surface area contributed by atoms with Crippen LogP contribution in [0, 0.1) is 0 Å². The maximum Gasteiger partial charge on any atom is 0.416 e. The van der Waals surface area contributed by atoms with E-state index < -0.39 is 41.6 Å². The fourth-order valence-electron chi connectivity index (χ4n) is 3.28. The Kier molecular flexibility index (Phi) is 4.53. The third kappa shape index (κ3) is 3.44. The van der Waals surface area contributed by atoms with Crippen molar-refractivity contribution < 1.29 is 41.0 Å². The molecule has 1 spiro atoms. The van der Waals surface area contributed by atoms with Crippen molar-refractivity contribution in [3.05, 3.63) is 27.6 Å². The number of hydrogen-bond donors (Lipinski definition) is 1. The number of hydrogen-bond acceptors (Lipinski definition) is 5. The highest BCUT2D eigenvalue weighted by atomic mass is 35.5. The first-order valence-electron chi connectivity index (χ1n) is 8.01. The maximum atomic E-state index is 13.1. The molecule has 0 radical (unpaired) electrons. The summed E-state index contributed by atoms with van der Waals surface area (Å²) in [5.74, 6) is -1.36. The molecule has 6 nitrogen and oxygen atoms in total. The van der Waals surface area contributed by atoms with Crippen molar-refractivity contribution in [1.29, 1.82) is 0 Å². The first kappa shape index (κ1) is 20.0. The molecule has 2 saturated heterocycles. The number of likely N-dealkylation sites (tertiary alicyclic amines) is 1. The smallest absolute Gasteiger partial charge is 0.416 e. The Morgan fingerprint density at radius 3 is 2.59 bits per heavy atom. The Balaban J connectivity index is 1.70. The number of ether oxygens (including phenoxy) is 2. The molecule has 0 aliphatic carbocycles. The molecule has 3 heterocycles. The first-order chi connectivity index (χ1) is 13.5. The van der Waals surface area contributed by atoms with Crippen LogP contribution in [0.15, 0.2) is 12.1 Å². The van der Waals surface area contributed by atoms with Crippen LogP contribution in [-0.4, -0.2) is 48.7 Å². The molecule has 0 unspecified atom stereocenters. The lowest BCUT2D eigenvalue weighted by atomic mass is 9.91. The summed E-state index contributed by atoms with van der Waals surface area (Å²) in [6.45, 7) is -3.05. The minimum atomic E-state index is -4.81. The summed E-state index contributed by atoms with van der Waals surface area (Å²) in [4.78, 5) is 25.1. The van der Waals surface area contributed by atoms with E-state index in [0.717, 1.165) is 6.07 Å². The Hall–Kier alpha value is -2.34. The van der Waals surface area contributed by atoms with Gasteiger partial charge in [0.2, 0.25) is 0 Å². The number of amides is 2. The molecule has 2 aliphatic rings. The zero-order chi connectivity index (χ0) is 21.1. The van der Waals surface area contributed by atoms with Crippen LogP contribution >= 0.6 is 22.9 Å². The van der Waals surface area contributed by atoms with Crippen molar-refractivity contribution in [2.45, 2.75) is 18.3 Å². The van der Waals surface area contributed by atoms with E-state index in [1.54, 1.807) is 0 Å². The molecule has 1 aromatic carbocycles. The monoisotopic (exact) mass is 456 g/mol. The van der Waals surface area contributed by atoms with E-state index in [2.05, 4.69) is 10.1 Å². The van der Waals surface area contributed by atoms with Gasteiger partial charge in [-0.05, 0) is 12.1 Å². The minimum Gasteiger partial charge on any atom is -0.447 e. The van der Waals surface area contributed by atoms with Gasteiger partial charge >= 0.3 is 18.9 Å². The minimum absolute atomic E-state index is 0.0804. The van der Waals surface area contributed by atoms with Gasteiger partial charge in [-0.1, -0.05) is 11.6 Å². The summed E-state index contributed by atoms with van der Waals surface area (Å²) < 4.78 is 73.6. The van der Waals surface area contributed by atoms with Gasteiger partial charge in [0.25, 0.3) is 5.91 Å². The van der Waals surface area contributed by atoms with Crippen LogP contribution in [0.4, 0.5) is 26.7 Å². The topological polar surface area (TPSA) is 67.9 Å². The van der Waals surface area contributed by atoms with E-state index in [1.165, 1.54) is 4.90 Å². The Labute approximate surface area is 168 Å². The van der Waals surface area contributed by atoms with Gasteiger partial charge in [-0.25, -0.2) is 4.79 Å². The number of carbonyl (C=O) groups excluding carboxylic acids is 2. The number of fused-ring (bicyclic) bond motifs is 1. The van der Waals surface area contributed by atoms with Crippen LogP contribution in [0.3, 0.4) is 0 Å². The fourth-order valence-corrected chi connectivity index (χ4v) is 4.85. The molecule has 2 amide bonds. The van der Waals surface area contributed by atoms with Crippen LogP contribution in [0.2, 0.25) is 5.02 Å². The summed E-state index contributed by atoms with van der Waals surface area (Å²) in [5.41, 5.74) is -1.91. The van der Waals surface area contributed by atoms with E-state index in [-0.39, 0.29) is 39.7 Å². The van der Waals surface area contributed by atoms with Crippen molar-refractivity contribution in [2.75, 3.05) is 19.7 Å². The van der Waals surface area contributed by atoms with Crippen molar-refractivity contribution in [2.24, 2.45) is 0 Å². The van der Waals surface area contributed by atoms with Gasteiger partial charge in [0.15, 0.2) is 0 Å². The zero-order valence-electron chi connectivity index (χ0n) is 14.1. The second-order valence-corrected chi connectivity index (χ2v) is 8.04. The number of halogens is 6. The standard InChI is InChI=1S/C16H10ClF5N2O4S/c17-10-9-7(28-13(18)19)1-6(16(20,21)22)2-8(9)29-11(10)12(25)24-3-15(4-24)5-27-14(26)23-15/h1-2,13H,3-5H2,(H,23,26). The van der Waals surface area contributed by atoms with Crippen molar-refractivity contribution in [1.82, 2.24) is 10.2 Å². The van der Waals surface area contributed by atoms with E-state index in [0.29, 0.717) is 17.4 Å². The number of alkyl halides is 5. The van der Waals surface area contributed by atoms with Gasteiger partial charge in [-0.2, -0.15) is 22.0 Å². The lowest BCUT2D eigenvalue weighted by Gasteiger charge is -2.45. The van der Waals surface area contributed by atoms with Crippen LogP contribution in [0.1, 0.15) is 15.2 Å². The molecule has 13 heteroatoms. The van der Waals surface area contributed by atoms with E-state index in [1.807, 2.05) is 0 Å². The number of alkyl carbamates (subject to hydrolysis) is 1. The van der Waals surface area contributed by atoms with E-state index in [4.69, 9.17) is 16.3 Å². The molecule has 156 valence electrons. The van der Waals surface area contributed by atoms with Crippen LogP contribution < -0.4 is 10.1 Å². The number of benzene rings is 1. The number of thiophene rings is 1. The summed E-state index contributed by atoms with van der Waals surface area (Å²) in [7, 11) is 0. The predicted octanol–water partition coefficient (Wildman–Crippen LogP) is 4.11. The lowest BCUT2D eigenvalue weighted by molar-refractivity contribution is -0.137. The zero-order valence-corrected chi connectivity index (χ0v) is 15.7. The average molecular weight is 457 g/mol. The molecular formula is C16H10ClF5N2O4S. The summed E-state index contributed by atoms with van der Waals surface area (Å²) in [5, 5.41) is 2.12. The average Bonchev–Trinajstić information content (AvgIpc) is 3.12. The Morgan fingerprint density at radius 1 is 1.34 bits per heavy atom. The van der Waals surface area contributed by atoms with Crippen molar-refractivity contribution in [3.63, 3.8) is 0 Å². The molecule has 1 aromatic heterocycles. The van der Waals surface area contributed by atoms with Crippen molar-refractivity contribution >= 4 is 45.0 Å². The number of nitrogens with zero attached hydrogens (tertiary/aromatic N) is 1. The molecule has 0 saturated carbocycles. The summed E-state index contributed by atoms with van der Waals surface area (Å²) in [6, 6.07) is 1.15. The number of nitrogens with one attached hydrogen (secondary N) is 1. The van der Waals surface area contributed by atoms with Crippen LogP contribution in [0.25, 0.3) is 10.1 Å². The van der Waals surface area contributed by atoms with Crippen LogP contribution in [-0.2, 0) is 10.9 Å². The molecule has 29 heavy (non-hydrogen) atoms. The van der Waals surface area contributed by atoms with Crippen LogP contribution in [0.5, 0.6) is 5.75 Å². The Bertz CT molecular complexity index is 1020. The van der Waals surface area contributed by atoms with Gasteiger partial charge in [-0.3, -0.25) is 4.79 Å². The third-order valence-corrected chi connectivity index (χ3v) is 6.17. The largest absolute Gasteiger partial charge is 0.447 e. The van der Waals surface area contributed by atoms with Gasteiger partial charge in [0, 0.05) is 17.8 Å². The summed E-state index contributed by atoms with van der Waals surface area (Å²) in [6.07, 6.45) is -5.41. The van der Waals surface area contributed by atoms with Gasteiger partial charge in [0.05, 0.1) is 16.0 Å². The Morgan fingerprint density at radius 2 is 2.03 bits per heavy atom. The predicted molar refractivity (Wildman–Crippen MR) is 91.6 cm³/mol. The molecule has 0 bridgehead atoms. The normalized spacial score (nSPS) is 18.2. The third-order valence-electron chi connectivity index (χ3n) is 4.56. The quantitative estimate of drug-likeness (QED) is 0.706. The number of rotatable bonds is 3. The molecule has 2 aliphatic heterocycles. The second-order valence-electron chi connectivity index (χ2n) is 6.61. The van der Waals surface area contributed by atoms with Gasteiger partial charge in [0.1, 0.15) is 22.8 Å². The second kappa shape index (κ2) is 6.59. The SMILES string of the molecule is O=C1NC2(CO1)CN(C(=O)c1sc3cc(C(F)(F)F)cc(OC(F)F)c3c1Cl)C2. The summed E-state index contributed by atoms with van der Waals surface area (Å²) >= 11 is 6.82. The highest BCUT2D eigenvalue weighted by Crippen LogP contribution is 2.45. The fraction of sp³-hybridized carbons (Fsp3) is 0.375. The molecule has 0 atom stereocenters. The first-order valence-corrected chi connectivity index (χ1v) is 9.21. The van der Waals surface area contributed by atoms with E-state index in [9.17, 15) is 31.5 Å². The highest BCUT2D eigenvalue weighted by Gasteiger charge is 2.51. The van der Waals surface area contributed by atoms with Crippen molar-refractivity contribution in [3.8, 4) is 5.75 Å². The molecule has 4 rings (SSSR count). The van der Waals surface area contributed by atoms with Gasteiger partial charge < -0.3 is 19.7 Å². The van der Waals surface area contributed by atoms with E-state index >= 15 is 0 Å². The maximum absolute atomic E-state index is 13.1. The number of cyclic esters (lactones) is 1. The number of carbonyl (C=O) groups is 2. The molecule has 2 aromatic rings. The molecular weight excluding hydrogens is 447 g/mol. The van der Waals surface area contributed by atoms with Gasteiger partial charge in [-0.15, -0.1) is 11.3 Å². The molecule has 1 N–H and O–H groups in total. The highest BCUT2D eigenvalue weighted by molar-refractivity contribution is 7.21. The lowest BCUT2D eigenvalue weighted by Crippen LogP contribution is -2.69.